The van der Waals surface area contributed by atoms with Gasteiger partial charge in [-0.3, -0.25) is 0 Å². The van der Waals surface area contributed by atoms with Crippen LogP contribution in [0.2, 0.25) is 5.02 Å². The first-order valence-corrected chi connectivity index (χ1v) is 7.24. The molecule has 1 N–H and O–H groups in total. The van der Waals surface area contributed by atoms with Crippen LogP contribution in [-0.4, -0.2) is 17.7 Å². The third-order valence-corrected chi connectivity index (χ3v) is 4.06. The Balaban J connectivity index is 1.93. The van der Waals surface area contributed by atoms with Crippen LogP contribution in [0.15, 0.2) is 27.4 Å². The molecule has 0 atom stereocenters. The summed E-state index contributed by atoms with van der Waals surface area (Å²) in [6.07, 6.45) is 5.08. The van der Waals surface area contributed by atoms with E-state index in [0.29, 0.717) is 17.3 Å². The molecule has 2 heterocycles. The molecule has 0 amide bonds. The maximum absolute atomic E-state index is 11.9. The highest BCUT2D eigenvalue weighted by Crippen LogP contribution is 2.17. The van der Waals surface area contributed by atoms with Crippen molar-refractivity contribution in [2.45, 2.75) is 32.4 Å². The van der Waals surface area contributed by atoms with Gasteiger partial charge >= 0.3 is 5.76 Å². The van der Waals surface area contributed by atoms with Crippen LogP contribution >= 0.6 is 11.6 Å². The molecule has 0 aliphatic carbocycles. The molecule has 1 aromatic carbocycles. The number of fused-ring (bicyclic) bond motifs is 1. The summed E-state index contributed by atoms with van der Waals surface area (Å²) >= 11 is 6.00. The van der Waals surface area contributed by atoms with E-state index in [1.807, 2.05) is 0 Å². The minimum absolute atomic E-state index is 0.283. The fraction of sp³-hybridized carbons (Fsp3) is 0.500. The molecule has 3 rings (SSSR count). The van der Waals surface area contributed by atoms with E-state index in [1.165, 1.54) is 30.6 Å². The van der Waals surface area contributed by atoms with Crippen molar-refractivity contribution in [3.8, 4) is 0 Å². The Morgan fingerprint density at radius 3 is 2.68 bits per heavy atom. The lowest BCUT2D eigenvalue weighted by atomic mass is 10.2. The number of halogens is 1. The quantitative estimate of drug-likeness (QED) is 0.909. The lowest BCUT2D eigenvalue weighted by Gasteiger charge is -2.16. The van der Waals surface area contributed by atoms with E-state index >= 15 is 0 Å². The van der Waals surface area contributed by atoms with Crippen LogP contribution in [-0.2, 0) is 6.67 Å². The second kappa shape index (κ2) is 5.39. The summed E-state index contributed by atoms with van der Waals surface area (Å²) in [5, 5.41) is 0.632. The van der Waals surface area contributed by atoms with Gasteiger partial charge in [0.05, 0.1) is 18.6 Å². The van der Waals surface area contributed by atoms with E-state index in [9.17, 15) is 4.79 Å². The number of hydrogen-bond donors (Lipinski definition) is 1. The molecule has 1 aliphatic rings. The molecule has 0 spiro atoms. The second-order valence-electron chi connectivity index (χ2n) is 5.23. The summed E-state index contributed by atoms with van der Waals surface area (Å²) in [7, 11) is 0. The van der Waals surface area contributed by atoms with Gasteiger partial charge in [0.15, 0.2) is 12.3 Å². The standard InChI is InChI=1S/C14H17ClN2O2/c15-11-5-6-13-12(9-11)17(14(18)19-13)10-16-7-3-1-2-4-8-16/h5-6,9H,1-4,7-8,10H2/p+1. The summed E-state index contributed by atoms with van der Waals surface area (Å²) in [6.45, 7) is 2.92. The van der Waals surface area contributed by atoms with Crippen molar-refractivity contribution in [1.29, 1.82) is 0 Å². The van der Waals surface area contributed by atoms with Crippen LogP contribution in [0, 0.1) is 0 Å². The molecule has 0 radical (unpaired) electrons. The van der Waals surface area contributed by atoms with E-state index in [-0.39, 0.29) is 5.76 Å². The van der Waals surface area contributed by atoms with Gasteiger partial charge in [-0.2, -0.15) is 0 Å². The molecule has 1 saturated heterocycles. The predicted molar refractivity (Wildman–Crippen MR) is 74.6 cm³/mol. The van der Waals surface area contributed by atoms with Crippen molar-refractivity contribution in [2.24, 2.45) is 0 Å². The summed E-state index contributed by atoms with van der Waals surface area (Å²) in [6, 6.07) is 5.31. The summed E-state index contributed by atoms with van der Waals surface area (Å²) in [5.41, 5.74) is 1.41. The number of hydrogen-bond acceptors (Lipinski definition) is 2. The van der Waals surface area contributed by atoms with Crippen molar-refractivity contribution in [1.82, 2.24) is 4.57 Å². The van der Waals surface area contributed by atoms with Gasteiger partial charge in [0.1, 0.15) is 0 Å². The molecule has 1 aliphatic heterocycles. The number of aromatic nitrogens is 1. The van der Waals surface area contributed by atoms with Gasteiger partial charge in [-0.05, 0) is 43.9 Å². The molecule has 2 aromatic rings. The Bertz CT molecular complexity index is 624. The molecule has 102 valence electrons. The lowest BCUT2D eigenvalue weighted by Crippen LogP contribution is -3.11. The maximum atomic E-state index is 11.9. The van der Waals surface area contributed by atoms with Crippen molar-refractivity contribution in [3.05, 3.63) is 33.8 Å². The number of nitrogens with zero attached hydrogens (tertiary/aromatic N) is 1. The van der Waals surface area contributed by atoms with Crippen molar-refractivity contribution >= 4 is 22.7 Å². The fourth-order valence-electron chi connectivity index (χ4n) is 2.80. The highest BCUT2D eigenvalue weighted by molar-refractivity contribution is 6.31. The third kappa shape index (κ3) is 2.69. The molecule has 0 bridgehead atoms. The topological polar surface area (TPSA) is 39.6 Å². The molecule has 4 nitrogen and oxygen atoms in total. The monoisotopic (exact) mass is 281 g/mol. The molecule has 1 fully saturated rings. The lowest BCUT2D eigenvalue weighted by molar-refractivity contribution is -0.922. The van der Waals surface area contributed by atoms with Gasteiger partial charge in [-0.1, -0.05) is 11.6 Å². The van der Waals surface area contributed by atoms with Crippen LogP contribution in [0.5, 0.6) is 0 Å². The van der Waals surface area contributed by atoms with Crippen LogP contribution in [0.4, 0.5) is 0 Å². The Labute approximate surface area is 116 Å². The molecule has 19 heavy (non-hydrogen) atoms. The largest absolute Gasteiger partial charge is 0.424 e. The van der Waals surface area contributed by atoms with Crippen LogP contribution in [0.1, 0.15) is 25.7 Å². The van der Waals surface area contributed by atoms with Crippen LogP contribution < -0.4 is 10.7 Å². The summed E-state index contributed by atoms with van der Waals surface area (Å²) in [5.74, 6) is -0.283. The number of rotatable bonds is 2. The first kappa shape index (κ1) is 12.8. The number of benzene rings is 1. The zero-order valence-corrected chi connectivity index (χ0v) is 11.6. The molecule has 0 unspecified atom stereocenters. The van der Waals surface area contributed by atoms with E-state index < -0.39 is 0 Å². The van der Waals surface area contributed by atoms with E-state index in [2.05, 4.69) is 0 Å². The maximum Gasteiger partial charge on any atom is 0.424 e. The van der Waals surface area contributed by atoms with E-state index in [0.717, 1.165) is 18.6 Å². The normalized spacial score (nSPS) is 17.7. The SMILES string of the molecule is O=c1oc2ccc(Cl)cc2n1C[NH+]1CCCCCC1. The smallest absolute Gasteiger partial charge is 0.408 e. The zero-order valence-electron chi connectivity index (χ0n) is 10.8. The van der Waals surface area contributed by atoms with Crippen LogP contribution in [0.25, 0.3) is 11.1 Å². The van der Waals surface area contributed by atoms with Crippen molar-refractivity contribution < 1.29 is 9.32 Å². The van der Waals surface area contributed by atoms with Crippen molar-refractivity contribution in [3.63, 3.8) is 0 Å². The minimum Gasteiger partial charge on any atom is -0.408 e. The molecule has 5 heteroatoms. The van der Waals surface area contributed by atoms with Crippen molar-refractivity contribution in [2.75, 3.05) is 13.1 Å². The second-order valence-corrected chi connectivity index (χ2v) is 5.67. The summed E-state index contributed by atoms with van der Waals surface area (Å²) < 4.78 is 6.97. The average Bonchev–Trinajstić information content (AvgIpc) is 2.58. The van der Waals surface area contributed by atoms with Gasteiger partial charge in [0.2, 0.25) is 0 Å². The highest BCUT2D eigenvalue weighted by atomic mass is 35.5. The Kier molecular flexibility index (Phi) is 3.62. The first-order chi connectivity index (χ1) is 9.24. The predicted octanol–water partition coefficient (Wildman–Crippen LogP) is 1.66. The Morgan fingerprint density at radius 2 is 1.95 bits per heavy atom. The molecular formula is C14H18ClN2O2+. The van der Waals surface area contributed by atoms with Gasteiger partial charge in [0, 0.05) is 5.02 Å². The minimum atomic E-state index is -0.283. The van der Waals surface area contributed by atoms with Crippen LogP contribution in [0.3, 0.4) is 0 Å². The molecular weight excluding hydrogens is 264 g/mol. The zero-order chi connectivity index (χ0) is 13.2. The van der Waals surface area contributed by atoms with Gasteiger partial charge in [-0.15, -0.1) is 0 Å². The first-order valence-electron chi connectivity index (χ1n) is 6.86. The van der Waals surface area contributed by atoms with Gasteiger partial charge in [-0.25, -0.2) is 9.36 Å². The Morgan fingerprint density at radius 1 is 1.21 bits per heavy atom. The molecule has 0 saturated carbocycles. The number of likely N-dealkylation sites (tertiary alicyclic amines) is 1. The van der Waals surface area contributed by atoms with E-state index in [1.54, 1.807) is 22.8 Å². The van der Waals surface area contributed by atoms with Gasteiger partial charge in [0.25, 0.3) is 0 Å². The highest BCUT2D eigenvalue weighted by Gasteiger charge is 2.17. The Hall–Kier alpha value is -1.26. The average molecular weight is 282 g/mol. The molecule has 1 aromatic heterocycles. The number of oxazole rings is 1. The fourth-order valence-corrected chi connectivity index (χ4v) is 2.96. The number of quaternary nitrogens is 1. The third-order valence-electron chi connectivity index (χ3n) is 3.82. The van der Waals surface area contributed by atoms with Gasteiger partial charge < -0.3 is 9.32 Å². The van der Waals surface area contributed by atoms with E-state index in [4.69, 9.17) is 16.0 Å². The number of nitrogens with one attached hydrogen (secondary N) is 1. The summed E-state index contributed by atoms with van der Waals surface area (Å²) in [4.78, 5) is 13.4.